The first-order chi connectivity index (χ1) is 17.5. The fourth-order valence-corrected chi connectivity index (χ4v) is 5.74. The molecule has 2 amide bonds. The molecule has 1 fully saturated rings. The van der Waals surface area contributed by atoms with Gasteiger partial charge in [0.15, 0.2) is 4.80 Å². The fraction of sp³-hybridized carbons (Fsp3) is 0.308. The van der Waals surface area contributed by atoms with E-state index in [-0.39, 0.29) is 29.9 Å². The zero-order valence-electron chi connectivity index (χ0n) is 19.9. The van der Waals surface area contributed by atoms with Gasteiger partial charge in [0.1, 0.15) is 0 Å². The summed E-state index contributed by atoms with van der Waals surface area (Å²) in [6.07, 6.45) is 5.52. The Hall–Kier alpha value is -3.55. The predicted molar refractivity (Wildman–Crippen MR) is 143 cm³/mol. The van der Waals surface area contributed by atoms with Crippen LogP contribution in [0.2, 0.25) is 0 Å². The van der Waals surface area contributed by atoms with Gasteiger partial charge in [-0.1, -0.05) is 35.5 Å². The molecule has 0 saturated carbocycles. The first-order valence-corrected chi connectivity index (χ1v) is 13.4. The molecule has 8 nitrogen and oxygen atoms in total. The number of methoxy groups -OCH3 is 1. The summed E-state index contributed by atoms with van der Waals surface area (Å²) in [4.78, 5) is 45.9. The molecule has 1 aliphatic rings. The van der Waals surface area contributed by atoms with Gasteiger partial charge in [-0.25, -0.2) is 4.79 Å². The second-order valence-electron chi connectivity index (χ2n) is 8.05. The minimum absolute atomic E-state index is 0.0279. The van der Waals surface area contributed by atoms with E-state index in [1.165, 1.54) is 30.2 Å². The number of rotatable bonds is 7. The second kappa shape index (κ2) is 11.9. The first kappa shape index (κ1) is 25.5. The van der Waals surface area contributed by atoms with Crippen molar-refractivity contribution in [3.05, 3.63) is 58.9 Å². The van der Waals surface area contributed by atoms with Gasteiger partial charge in [0.05, 0.1) is 40.9 Å². The molecule has 186 valence electrons. The zero-order valence-corrected chi connectivity index (χ0v) is 21.5. The number of esters is 1. The average Bonchev–Trinajstić information content (AvgIpc) is 3.24. The van der Waals surface area contributed by atoms with E-state index in [0.717, 1.165) is 29.0 Å². The summed E-state index contributed by atoms with van der Waals surface area (Å²) in [6, 6.07) is 15.3. The van der Waals surface area contributed by atoms with Gasteiger partial charge >= 0.3 is 5.97 Å². The number of anilines is 1. The number of fused-ring (bicyclic) bond motifs is 1. The molecule has 1 saturated heterocycles. The number of carbonyl (C=O) groups excluding carboxylic acids is 3. The molecular weight excluding hydrogens is 496 g/mol. The highest BCUT2D eigenvalue weighted by molar-refractivity contribution is 8.00. The molecule has 0 spiro atoms. The lowest BCUT2D eigenvalue weighted by molar-refractivity contribution is -0.128. The molecule has 2 aromatic carbocycles. The van der Waals surface area contributed by atoms with Gasteiger partial charge in [-0.3, -0.25) is 9.59 Å². The van der Waals surface area contributed by atoms with E-state index in [4.69, 9.17) is 11.2 Å². The summed E-state index contributed by atoms with van der Waals surface area (Å²) in [5.74, 6) is 2.15. The number of terminal acetylenes is 1. The van der Waals surface area contributed by atoms with Crippen molar-refractivity contribution >= 4 is 56.8 Å². The van der Waals surface area contributed by atoms with Crippen molar-refractivity contribution in [1.29, 1.82) is 0 Å². The molecule has 3 aromatic rings. The molecule has 0 aliphatic carbocycles. The predicted octanol–water partition coefficient (Wildman–Crippen LogP) is 2.63. The third-order valence-electron chi connectivity index (χ3n) is 5.78. The Labute approximate surface area is 217 Å². The average molecular weight is 523 g/mol. The van der Waals surface area contributed by atoms with Crippen molar-refractivity contribution in [2.45, 2.75) is 6.54 Å². The number of nitrogens with zero attached hydrogens (tertiary/aromatic N) is 4. The summed E-state index contributed by atoms with van der Waals surface area (Å²) in [5.41, 5.74) is 2.36. The van der Waals surface area contributed by atoms with Crippen LogP contribution in [0.4, 0.5) is 5.69 Å². The van der Waals surface area contributed by atoms with Gasteiger partial charge in [-0.15, -0.1) is 18.2 Å². The van der Waals surface area contributed by atoms with Gasteiger partial charge in [-0.2, -0.15) is 4.99 Å². The number of aromatic nitrogens is 1. The van der Waals surface area contributed by atoms with Crippen LogP contribution in [0.15, 0.2) is 53.5 Å². The third-order valence-corrected chi connectivity index (χ3v) is 7.72. The Morgan fingerprint density at radius 3 is 2.53 bits per heavy atom. The minimum atomic E-state index is -0.439. The summed E-state index contributed by atoms with van der Waals surface area (Å²) in [7, 11) is 1.33. The number of para-hydroxylation sites is 1. The molecule has 0 N–H and O–H groups in total. The van der Waals surface area contributed by atoms with Crippen LogP contribution < -0.4 is 9.70 Å². The fourth-order valence-electron chi connectivity index (χ4n) is 3.96. The SMILES string of the molecule is C#CCn1c(=NC(=O)CSCC(=O)N2CCN(c3ccccc3)CC2)sc2cc(C(=O)OC)ccc21. The molecule has 0 unspecified atom stereocenters. The molecule has 1 aromatic heterocycles. The lowest BCUT2D eigenvalue weighted by Crippen LogP contribution is -2.49. The Morgan fingerprint density at radius 2 is 1.83 bits per heavy atom. The standard InChI is InChI=1S/C26H26N4O4S2/c1-3-11-30-21-10-9-19(25(33)34-2)16-22(21)36-26(30)27-23(31)17-35-18-24(32)29-14-12-28(13-15-29)20-7-5-4-6-8-20/h1,4-10,16H,11-15,17-18H2,2H3. The van der Waals surface area contributed by atoms with Crippen molar-refractivity contribution in [2.75, 3.05) is 49.7 Å². The molecule has 10 heteroatoms. The van der Waals surface area contributed by atoms with Crippen molar-refractivity contribution in [3.8, 4) is 12.3 Å². The smallest absolute Gasteiger partial charge is 0.337 e. The van der Waals surface area contributed by atoms with Crippen LogP contribution in [0.1, 0.15) is 10.4 Å². The van der Waals surface area contributed by atoms with E-state index in [0.29, 0.717) is 23.5 Å². The Morgan fingerprint density at radius 1 is 1.08 bits per heavy atom. The van der Waals surface area contributed by atoms with E-state index in [9.17, 15) is 14.4 Å². The molecule has 0 radical (unpaired) electrons. The second-order valence-corrected chi connectivity index (χ2v) is 10.0. The number of carbonyl (C=O) groups is 3. The summed E-state index contributed by atoms with van der Waals surface area (Å²) in [5, 5.41) is 0. The number of thiazole rings is 1. The molecule has 0 bridgehead atoms. The summed E-state index contributed by atoms with van der Waals surface area (Å²) in [6.45, 7) is 3.13. The lowest BCUT2D eigenvalue weighted by atomic mass is 10.2. The van der Waals surface area contributed by atoms with Gasteiger partial charge in [0, 0.05) is 31.9 Å². The molecule has 36 heavy (non-hydrogen) atoms. The van der Waals surface area contributed by atoms with E-state index < -0.39 is 5.97 Å². The maximum absolute atomic E-state index is 12.6. The quantitative estimate of drug-likeness (QED) is 0.350. The lowest BCUT2D eigenvalue weighted by Gasteiger charge is -2.36. The van der Waals surface area contributed by atoms with Crippen molar-refractivity contribution in [2.24, 2.45) is 4.99 Å². The first-order valence-electron chi connectivity index (χ1n) is 11.4. The normalized spacial score (nSPS) is 14.1. The van der Waals surface area contributed by atoms with E-state index in [1.807, 2.05) is 23.1 Å². The van der Waals surface area contributed by atoms with Crippen LogP contribution in [0.25, 0.3) is 10.2 Å². The van der Waals surface area contributed by atoms with Crippen LogP contribution in [0, 0.1) is 12.3 Å². The van der Waals surface area contributed by atoms with Crippen LogP contribution in [0.3, 0.4) is 0 Å². The monoisotopic (exact) mass is 522 g/mol. The van der Waals surface area contributed by atoms with Crippen molar-refractivity contribution in [3.63, 3.8) is 0 Å². The highest BCUT2D eigenvalue weighted by Crippen LogP contribution is 2.20. The highest BCUT2D eigenvalue weighted by atomic mass is 32.2. The molecule has 1 aliphatic heterocycles. The third kappa shape index (κ3) is 5.98. The van der Waals surface area contributed by atoms with Crippen LogP contribution >= 0.6 is 23.1 Å². The molecule has 2 heterocycles. The van der Waals surface area contributed by atoms with Crippen LogP contribution in [-0.2, 0) is 20.9 Å². The molecular formula is C26H26N4O4S2. The zero-order chi connectivity index (χ0) is 25.5. The summed E-state index contributed by atoms with van der Waals surface area (Å²) < 4.78 is 7.32. The molecule has 0 atom stereocenters. The van der Waals surface area contributed by atoms with Gasteiger partial charge in [0.25, 0.3) is 5.91 Å². The van der Waals surface area contributed by atoms with E-state index >= 15 is 0 Å². The number of hydrogen-bond donors (Lipinski definition) is 0. The molecule has 4 rings (SSSR count). The number of piperazine rings is 1. The van der Waals surface area contributed by atoms with Gasteiger partial charge in [-0.05, 0) is 30.3 Å². The van der Waals surface area contributed by atoms with E-state index in [1.54, 1.807) is 22.8 Å². The van der Waals surface area contributed by atoms with Crippen molar-refractivity contribution < 1.29 is 19.1 Å². The highest BCUT2D eigenvalue weighted by Gasteiger charge is 2.21. The number of ether oxygens (including phenoxy) is 1. The number of hydrogen-bond acceptors (Lipinski definition) is 7. The van der Waals surface area contributed by atoms with Gasteiger partial charge in [0.2, 0.25) is 5.91 Å². The Kier molecular flexibility index (Phi) is 8.46. The van der Waals surface area contributed by atoms with Crippen LogP contribution in [0.5, 0.6) is 0 Å². The number of thioether (sulfide) groups is 1. The largest absolute Gasteiger partial charge is 0.465 e. The number of benzene rings is 2. The summed E-state index contributed by atoms with van der Waals surface area (Å²) >= 11 is 2.54. The maximum atomic E-state index is 12.6. The van der Waals surface area contributed by atoms with Gasteiger partial charge < -0.3 is 19.1 Å². The maximum Gasteiger partial charge on any atom is 0.337 e. The topological polar surface area (TPSA) is 84.2 Å². The van der Waals surface area contributed by atoms with Crippen molar-refractivity contribution in [1.82, 2.24) is 9.47 Å². The minimum Gasteiger partial charge on any atom is -0.465 e. The Bertz CT molecular complexity index is 1370. The Balaban J connectivity index is 1.34. The van der Waals surface area contributed by atoms with Crippen LogP contribution in [-0.4, -0.2) is 72.0 Å². The number of amides is 2. The van der Waals surface area contributed by atoms with E-state index in [2.05, 4.69) is 27.9 Å².